The molecule has 1 aromatic carbocycles. The maximum absolute atomic E-state index is 12.1. The quantitative estimate of drug-likeness (QED) is 0.902. The molecule has 1 N–H and O–H groups in total. The SMILES string of the molecule is Cc1ccc(S(=O)(=O)NCCn2ccnc2)c(Br)c1. The maximum Gasteiger partial charge on any atom is 0.241 e. The summed E-state index contributed by atoms with van der Waals surface area (Å²) in [7, 11) is -3.49. The molecule has 0 unspecified atom stereocenters. The molecule has 1 aromatic heterocycles. The number of nitrogens with one attached hydrogen (secondary N) is 1. The second-order valence-corrected chi connectivity index (χ2v) is 6.72. The number of rotatable bonds is 5. The van der Waals surface area contributed by atoms with Gasteiger partial charge in [0.1, 0.15) is 0 Å². The first-order valence-electron chi connectivity index (χ1n) is 5.70. The molecule has 7 heteroatoms. The molecule has 5 nitrogen and oxygen atoms in total. The Morgan fingerprint density at radius 3 is 2.84 bits per heavy atom. The Morgan fingerprint density at radius 2 is 2.21 bits per heavy atom. The number of sulfonamides is 1. The van der Waals surface area contributed by atoms with Gasteiger partial charge in [-0.05, 0) is 40.5 Å². The highest BCUT2D eigenvalue weighted by Crippen LogP contribution is 2.22. The topological polar surface area (TPSA) is 64.0 Å². The minimum absolute atomic E-state index is 0.253. The molecule has 19 heavy (non-hydrogen) atoms. The van der Waals surface area contributed by atoms with Crippen molar-refractivity contribution >= 4 is 26.0 Å². The van der Waals surface area contributed by atoms with Crippen LogP contribution in [-0.4, -0.2) is 24.5 Å². The lowest BCUT2D eigenvalue weighted by Gasteiger charge is -2.09. The number of imidazole rings is 1. The molecule has 1 heterocycles. The predicted molar refractivity (Wildman–Crippen MR) is 76.3 cm³/mol. The number of hydrogen-bond acceptors (Lipinski definition) is 3. The zero-order valence-corrected chi connectivity index (χ0v) is 12.8. The molecule has 0 bridgehead atoms. The molecular weight excluding hydrogens is 330 g/mol. The Kier molecular flexibility index (Phi) is 4.38. The third-order valence-corrected chi connectivity index (χ3v) is 5.04. The summed E-state index contributed by atoms with van der Waals surface area (Å²) in [5.74, 6) is 0. The van der Waals surface area contributed by atoms with Crippen molar-refractivity contribution < 1.29 is 8.42 Å². The summed E-state index contributed by atoms with van der Waals surface area (Å²) in [6.07, 6.45) is 5.09. The molecule has 102 valence electrons. The number of benzene rings is 1. The van der Waals surface area contributed by atoms with Gasteiger partial charge >= 0.3 is 0 Å². The highest BCUT2D eigenvalue weighted by molar-refractivity contribution is 9.10. The van der Waals surface area contributed by atoms with Gasteiger partial charge in [-0.3, -0.25) is 0 Å². The second kappa shape index (κ2) is 5.85. The van der Waals surface area contributed by atoms with Crippen LogP contribution in [0.15, 0.2) is 46.3 Å². The van der Waals surface area contributed by atoms with Crippen molar-refractivity contribution in [1.82, 2.24) is 14.3 Å². The minimum atomic E-state index is -3.49. The van der Waals surface area contributed by atoms with Crippen LogP contribution in [0.5, 0.6) is 0 Å². The molecule has 0 radical (unpaired) electrons. The molecule has 0 saturated carbocycles. The molecular formula is C12H14BrN3O2S. The van der Waals surface area contributed by atoms with Gasteiger partial charge in [0, 0.05) is 30.0 Å². The van der Waals surface area contributed by atoms with Gasteiger partial charge in [-0.1, -0.05) is 6.07 Å². The lowest BCUT2D eigenvalue weighted by Crippen LogP contribution is -2.27. The summed E-state index contributed by atoms with van der Waals surface area (Å²) in [4.78, 5) is 4.15. The molecule has 0 aliphatic carbocycles. The smallest absolute Gasteiger partial charge is 0.241 e. The van der Waals surface area contributed by atoms with Gasteiger partial charge < -0.3 is 4.57 Å². The normalized spacial score (nSPS) is 11.7. The van der Waals surface area contributed by atoms with Crippen molar-refractivity contribution in [2.24, 2.45) is 0 Å². The zero-order chi connectivity index (χ0) is 13.9. The van der Waals surface area contributed by atoms with Crippen LogP contribution in [0, 0.1) is 6.92 Å². The summed E-state index contributed by atoms with van der Waals surface area (Å²) in [5.41, 5.74) is 1.00. The van der Waals surface area contributed by atoms with Gasteiger partial charge in [-0.25, -0.2) is 18.1 Å². The molecule has 0 saturated heterocycles. The minimum Gasteiger partial charge on any atom is -0.336 e. The highest BCUT2D eigenvalue weighted by atomic mass is 79.9. The maximum atomic E-state index is 12.1. The third kappa shape index (κ3) is 3.65. The predicted octanol–water partition coefficient (Wildman–Crippen LogP) is 1.93. The lowest BCUT2D eigenvalue weighted by atomic mass is 10.2. The van der Waals surface area contributed by atoms with Crippen molar-refractivity contribution in [2.75, 3.05) is 6.54 Å². The van der Waals surface area contributed by atoms with Gasteiger partial charge in [-0.15, -0.1) is 0 Å². The first kappa shape index (κ1) is 14.2. The number of hydrogen-bond donors (Lipinski definition) is 1. The van der Waals surface area contributed by atoms with Crippen LogP contribution >= 0.6 is 15.9 Å². The van der Waals surface area contributed by atoms with Crippen LogP contribution in [0.1, 0.15) is 5.56 Å². The first-order chi connectivity index (χ1) is 8.99. The second-order valence-electron chi connectivity index (χ2n) is 4.13. The van der Waals surface area contributed by atoms with Gasteiger partial charge in [0.15, 0.2) is 0 Å². The van der Waals surface area contributed by atoms with E-state index in [9.17, 15) is 8.42 Å². The van der Waals surface area contributed by atoms with Crippen molar-refractivity contribution in [2.45, 2.75) is 18.4 Å². The third-order valence-electron chi connectivity index (χ3n) is 2.60. The van der Waals surface area contributed by atoms with Crippen molar-refractivity contribution in [3.05, 3.63) is 47.0 Å². The van der Waals surface area contributed by atoms with Crippen LogP contribution in [0.3, 0.4) is 0 Å². The summed E-state index contributed by atoms with van der Waals surface area (Å²) in [5, 5.41) is 0. The van der Waals surface area contributed by atoms with E-state index in [1.807, 2.05) is 11.5 Å². The van der Waals surface area contributed by atoms with Crippen LogP contribution in [0.2, 0.25) is 0 Å². The number of nitrogens with zero attached hydrogens (tertiary/aromatic N) is 2. The summed E-state index contributed by atoms with van der Waals surface area (Å²) >= 11 is 3.28. The molecule has 0 atom stereocenters. The highest BCUT2D eigenvalue weighted by Gasteiger charge is 2.16. The van der Waals surface area contributed by atoms with Gasteiger partial charge in [0.05, 0.1) is 11.2 Å². The van der Waals surface area contributed by atoms with Crippen molar-refractivity contribution in [3.63, 3.8) is 0 Å². The average molecular weight is 344 g/mol. The van der Waals surface area contributed by atoms with Gasteiger partial charge in [-0.2, -0.15) is 0 Å². The Labute approximate surface area is 120 Å². The molecule has 0 amide bonds. The summed E-state index contributed by atoms with van der Waals surface area (Å²) in [6.45, 7) is 2.77. The van der Waals surface area contributed by atoms with Crippen LogP contribution in [0.4, 0.5) is 0 Å². The van der Waals surface area contributed by atoms with E-state index >= 15 is 0 Å². The van der Waals surface area contributed by atoms with E-state index in [0.29, 0.717) is 17.6 Å². The van der Waals surface area contributed by atoms with Crippen molar-refractivity contribution in [3.8, 4) is 0 Å². The van der Waals surface area contributed by atoms with Gasteiger partial charge in [0.25, 0.3) is 0 Å². The molecule has 0 fully saturated rings. The van der Waals surface area contributed by atoms with E-state index in [2.05, 4.69) is 25.6 Å². The van der Waals surface area contributed by atoms with Crippen LogP contribution in [-0.2, 0) is 16.6 Å². The van der Waals surface area contributed by atoms with E-state index in [0.717, 1.165) is 5.56 Å². The molecule has 2 aromatic rings. The van der Waals surface area contributed by atoms with Crippen molar-refractivity contribution in [1.29, 1.82) is 0 Å². The lowest BCUT2D eigenvalue weighted by molar-refractivity contribution is 0.572. The van der Waals surface area contributed by atoms with E-state index in [1.54, 1.807) is 36.9 Å². The summed E-state index contributed by atoms with van der Waals surface area (Å²) in [6, 6.07) is 5.15. The fraction of sp³-hybridized carbons (Fsp3) is 0.250. The fourth-order valence-corrected chi connectivity index (χ4v) is 3.84. The standard InChI is InChI=1S/C12H14BrN3O2S/c1-10-2-3-12(11(13)8-10)19(17,18)15-5-7-16-6-4-14-9-16/h2-4,6,8-9,15H,5,7H2,1H3. The number of aromatic nitrogens is 2. The molecule has 2 rings (SSSR count). The number of halogens is 1. The van der Waals surface area contributed by atoms with E-state index in [4.69, 9.17) is 0 Å². The van der Waals surface area contributed by atoms with E-state index < -0.39 is 10.0 Å². The molecule has 0 aliphatic rings. The Morgan fingerprint density at radius 1 is 1.42 bits per heavy atom. The van der Waals surface area contributed by atoms with E-state index in [1.165, 1.54) is 0 Å². The average Bonchev–Trinajstić information content (AvgIpc) is 2.81. The van der Waals surface area contributed by atoms with E-state index in [-0.39, 0.29) is 4.90 Å². The summed E-state index contributed by atoms with van der Waals surface area (Å²) < 4.78 is 29.2. The Balaban J connectivity index is 2.05. The largest absolute Gasteiger partial charge is 0.336 e. The zero-order valence-electron chi connectivity index (χ0n) is 10.4. The molecule has 0 spiro atoms. The number of aryl methyl sites for hydroxylation is 1. The molecule has 0 aliphatic heterocycles. The Hall–Kier alpha value is -1.18. The first-order valence-corrected chi connectivity index (χ1v) is 7.98. The Bertz CT molecular complexity index is 654. The monoisotopic (exact) mass is 343 g/mol. The van der Waals surface area contributed by atoms with Crippen LogP contribution < -0.4 is 4.72 Å². The van der Waals surface area contributed by atoms with Gasteiger partial charge in [0.2, 0.25) is 10.0 Å². The van der Waals surface area contributed by atoms with Crippen LogP contribution in [0.25, 0.3) is 0 Å². The fourth-order valence-electron chi connectivity index (χ4n) is 1.63.